The molecule has 0 saturated heterocycles. The lowest BCUT2D eigenvalue weighted by Gasteiger charge is -2.42. The molecule has 0 bridgehead atoms. The van der Waals surface area contributed by atoms with E-state index in [1.54, 1.807) is 0 Å². The van der Waals surface area contributed by atoms with Gasteiger partial charge >= 0.3 is 0 Å². The summed E-state index contributed by atoms with van der Waals surface area (Å²) in [7, 11) is -0.129. The molecule has 1 atom stereocenters. The first-order chi connectivity index (χ1) is 9.68. The highest BCUT2D eigenvalue weighted by Gasteiger charge is 2.37. The quantitative estimate of drug-likeness (QED) is 0.727. The van der Waals surface area contributed by atoms with Crippen LogP contribution in [0.4, 0.5) is 0 Å². The zero-order chi connectivity index (χ0) is 15.7. The summed E-state index contributed by atoms with van der Waals surface area (Å²) in [4.78, 5) is 4.84. The fraction of sp³-hybridized carbons (Fsp3) is 0.611. The highest BCUT2D eigenvalue weighted by atomic mass is 31.1. The number of nitrogens with zero attached hydrogens (tertiary/aromatic N) is 1. The van der Waals surface area contributed by atoms with Crippen LogP contribution < -0.4 is 0 Å². The molecule has 0 amide bonds. The Balaban J connectivity index is 2.12. The van der Waals surface area contributed by atoms with Crippen LogP contribution in [0, 0.1) is 0 Å². The van der Waals surface area contributed by atoms with Crippen molar-refractivity contribution in [3.63, 3.8) is 0 Å². The Labute approximate surface area is 130 Å². The second kappa shape index (κ2) is 6.08. The Kier molecular flexibility index (Phi) is 4.78. The minimum absolute atomic E-state index is 0.129. The first-order valence-corrected chi connectivity index (χ1v) is 9.24. The summed E-state index contributed by atoms with van der Waals surface area (Å²) >= 11 is 0. The molecule has 1 aliphatic heterocycles. The monoisotopic (exact) mass is 305 g/mol. The summed E-state index contributed by atoms with van der Waals surface area (Å²) in [6.07, 6.45) is 1.15. The molecule has 2 nitrogen and oxygen atoms in total. The SMILES string of the molecule is CC(C)(C)P(C[C@@H]1COC(c2ccccc2)=N1)C(C)(C)C. The fourth-order valence-electron chi connectivity index (χ4n) is 3.01. The molecule has 0 fully saturated rings. The maximum absolute atomic E-state index is 5.84. The molecule has 116 valence electrons. The Bertz CT molecular complexity index is 482. The number of rotatable bonds is 3. The van der Waals surface area contributed by atoms with Crippen molar-refractivity contribution in [3.05, 3.63) is 35.9 Å². The van der Waals surface area contributed by atoms with Crippen LogP contribution in [0.3, 0.4) is 0 Å². The van der Waals surface area contributed by atoms with Crippen LogP contribution in [-0.4, -0.2) is 35.0 Å². The van der Waals surface area contributed by atoms with Gasteiger partial charge in [-0.05, 0) is 28.6 Å². The second-order valence-corrected chi connectivity index (χ2v) is 11.6. The standard InChI is InChI=1S/C18H28NOP/c1-17(2,3)21(18(4,5)6)13-15-12-20-16(19-15)14-10-8-7-9-11-14/h7-11,15H,12-13H2,1-6H3/t15-/m0/s1. The van der Waals surface area contributed by atoms with Gasteiger partial charge in [-0.2, -0.15) is 0 Å². The van der Waals surface area contributed by atoms with Crippen molar-refractivity contribution in [2.24, 2.45) is 4.99 Å². The molecule has 1 aromatic carbocycles. The van der Waals surface area contributed by atoms with E-state index in [-0.39, 0.29) is 7.92 Å². The van der Waals surface area contributed by atoms with E-state index in [2.05, 4.69) is 53.7 Å². The van der Waals surface area contributed by atoms with Crippen molar-refractivity contribution in [3.8, 4) is 0 Å². The van der Waals surface area contributed by atoms with Gasteiger partial charge in [0.2, 0.25) is 5.90 Å². The van der Waals surface area contributed by atoms with Crippen LogP contribution in [0.25, 0.3) is 0 Å². The van der Waals surface area contributed by atoms with Crippen molar-refractivity contribution in [2.75, 3.05) is 12.8 Å². The van der Waals surface area contributed by atoms with E-state index in [1.165, 1.54) is 0 Å². The van der Waals surface area contributed by atoms with Gasteiger partial charge in [0.05, 0.1) is 6.04 Å². The molecule has 21 heavy (non-hydrogen) atoms. The van der Waals surface area contributed by atoms with Gasteiger partial charge in [-0.15, -0.1) is 0 Å². The molecular weight excluding hydrogens is 277 g/mol. The minimum atomic E-state index is -0.129. The predicted molar refractivity (Wildman–Crippen MR) is 94.0 cm³/mol. The van der Waals surface area contributed by atoms with Gasteiger partial charge in [0.25, 0.3) is 0 Å². The highest BCUT2D eigenvalue weighted by Crippen LogP contribution is 2.59. The van der Waals surface area contributed by atoms with Gasteiger partial charge in [0.15, 0.2) is 0 Å². The van der Waals surface area contributed by atoms with E-state index < -0.39 is 0 Å². The maximum atomic E-state index is 5.84. The Hall–Kier alpha value is -0.880. The van der Waals surface area contributed by atoms with Crippen LogP contribution in [0.2, 0.25) is 0 Å². The fourth-order valence-corrected chi connectivity index (χ4v) is 6.73. The van der Waals surface area contributed by atoms with Crippen LogP contribution >= 0.6 is 7.92 Å². The zero-order valence-corrected chi connectivity index (χ0v) is 15.1. The average molecular weight is 305 g/mol. The van der Waals surface area contributed by atoms with Gasteiger partial charge in [-0.25, -0.2) is 4.99 Å². The third-order valence-corrected chi connectivity index (χ3v) is 7.77. The van der Waals surface area contributed by atoms with Gasteiger partial charge in [0, 0.05) is 5.56 Å². The Morgan fingerprint density at radius 1 is 1.05 bits per heavy atom. The zero-order valence-electron chi connectivity index (χ0n) is 14.2. The molecule has 0 spiro atoms. The summed E-state index contributed by atoms with van der Waals surface area (Å²) in [6.45, 7) is 14.9. The van der Waals surface area contributed by atoms with Crippen LogP contribution in [-0.2, 0) is 4.74 Å². The van der Waals surface area contributed by atoms with Gasteiger partial charge < -0.3 is 4.74 Å². The van der Waals surface area contributed by atoms with E-state index in [0.717, 1.165) is 24.2 Å². The second-order valence-electron chi connectivity index (χ2n) is 7.72. The molecule has 0 N–H and O–H groups in total. The first-order valence-electron chi connectivity index (χ1n) is 7.72. The molecule has 2 rings (SSSR count). The minimum Gasteiger partial charge on any atom is -0.475 e. The highest BCUT2D eigenvalue weighted by molar-refractivity contribution is 7.60. The molecule has 1 aliphatic rings. The molecule has 1 heterocycles. The molecule has 0 radical (unpaired) electrons. The van der Waals surface area contributed by atoms with E-state index in [9.17, 15) is 0 Å². The number of hydrogen-bond donors (Lipinski definition) is 0. The molecule has 0 unspecified atom stereocenters. The van der Waals surface area contributed by atoms with Gasteiger partial charge in [-0.3, -0.25) is 0 Å². The topological polar surface area (TPSA) is 21.6 Å². The van der Waals surface area contributed by atoms with Crippen molar-refractivity contribution >= 4 is 13.8 Å². The van der Waals surface area contributed by atoms with E-state index >= 15 is 0 Å². The van der Waals surface area contributed by atoms with Crippen molar-refractivity contribution < 1.29 is 4.74 Å². The lowest BCUT2D eigenvalue weighted by atomic mass is 10.2. The largest absolute Gasteiger partial charge is 0.475 e. The Morgan fingerprint density at radius 2 is 1.62 bits per heavy atom. The molecule has 3 heteroatoms. The third kappa shape index (κ3) is 4.30. The van der Waals surface area contributed by atoms with Crippen LogP contribution in [0.5, 0.6) is 0 Å². The van der Waals surface area contributed by atoms with Crippen molar-refractivity contribution in [2.45, 2.75) is 57.9 Å². The number of ether oxygens (including phenoxy) is 1. The smallest absolute Gasteiger partial charge is 0.216 e. The predicted octanol–water partition coefficient (Wildman–Crippen LogP) is 4.91. The van der Waals surface area contributed by atoms with E-state index in [0.29, 0.717) is 16.4 Å². The normalized spacial score (nSPS) is 19.6. The summed E-state index contributed by atoms with van der Waals surface area (Å²) < 4.78 is 5.84. The van der Waals surface area contributed by atoms with Crippen molar-refractivity contribution in [1.82, 2.24) is 0 Å². The van der Waals surface area contributed by atoms with Gasteiger partial charge in [0.1, 0.15) is 6.61 Å². The third-order valence-electron chi connectivity index (χ3n) is 3.75. The van der Waals surface area contributed by atoms with Gasteiger partial charge in [-0.1, -0.05) is 67.7 Å². The van der Waals surface area contributed by atoms with E-state index in [1.807, 2.05) is 18.2 Å². The number of aliphatic imine (C=N–C) groups is 1. The summed E-state index contributed by atoms with van der Waals surface area (Å²) in [6, 6.07) is 10.5. The number of hydrogen-bond acceptors (Lipinski definition) is 2. The molecule has 0 aliphatic carbocycles. The van der Waals surface area contributed by atoms with Crippen LogP contribution in [0.15, 0.2) is 35.3 Å². The summed E-state index contributed by atoms with van der Waals surface area (Å²) in [5.74, 6) is 0.818. The maximum Gasteiger partial charge on any atom is 0.216 e. The van der Waals surface area contributed by atoms with Crippen molar-refractivity contribution in [1.29, 1.82) is 0 Å². The molecule has 0 aromatic heterocycles. The average Bonchev–Trinajstić information content (AvgIpc) is 2.83. The molecular formula is C18H28NOP. The summed E-state index contributed by atoms with van der Waals surface area (Å²) in [5, 5.41) is 0.692. The first kappa shape index (κ1) is 16.5. The van der Waals surface area contributed by atoms with E-state index in [4.69, 9.17) is 9.73 Å². The molecule has 0 saturated carbocycles. The number of benzene rings is 1. The summed E-state index contributed by atoms with van der Waals surface area (Å²) in [5.41, 5.74) is 1.09. The lowest BCUT2D eigenvalue weighted by Crippen LogP contribution is -2.30. The lowest BCUT2D eigenvalue weighted by molar-refractivity contribution is 0.324. The van der Waals surface area contributed by atoms with Crippen LogP contribution in [0.1, 0.15) is 47.1 Å². The Morgan fingerprint density at radius 3 is 2.14 bits per heavy atom. The molecule has 1 aromatic rings.